The molecule has 166 valence electrons. The fraction of sp³-hybridized carbons (Fsp3) is 0.667. The number of benzene rings is 1. The lowest BCUT2D eigenvalue weighted by Crippen LogP contribution is -2.46. The molecule has 0 unspecified atom stereocenters. The first-order valence-corrected chi connectivity index (χ1v) is 9.92. The van der Waals surface area contributed by atoms with Crippen LogP contribution in [0.4, 0.5) is 0 Å². The van der Waals surface area contributed by atoms with Gasteiger partial charge in [0.2, 0.25) is 5.75 Å². The van der Waals surface area contributed by atoms with Gasteiger partial charge in [0, 0.05) is 32.4 Å². The molecule has 1 fully saturated rings. The number of hydrogen-bond donors (Lipinski definition) is 2. The van der Waals surface area contributed by atoms with E-state index in [1.54, 1.807) is 28.4 Å². The number of nitrogens with one attached hydrogen (secondary N) is 2. The molecule has 1 aromatic rings. The molecule has 0 saturated heterocycles. The van der Waals surface area contributed by atoms with E-state index >= 15 is 0 Å². The molecule has 7 nitrogen and oxygen atoms in total. The van der Waals surface area contributed by atoms with Gasteiger partial charge in [-0.3, -0.25) is 0 Å². The second-order valence-corrected chi connectivity index (χ2v) is 7.14. The first-order valence-electron chi connectivity index (χ1n) is 9.92. The Balaban J connectivity index is 0.00000420. The smallest absolute Gasteiger partial charge is 0.203 e. The maximum Gasteiger partial charge on any atom is 0.203 e. The molecule has 29 heavy (non-hydrogen) atoms. The van der Waals surface area contributed by atoms with E-state index in [2.05, 4.69) is 17.6 Å². The summed E-state index contributed by atoms with van der Waals surface area (Å²) in [4.78, 5) is 4.75. The van der Waals surface area contributed by atoms with Gasteiger partial charge in [-0.25, -0.2) is 4.99 Å². The minimum Gasteiger partial charge on any atom is -0.493 e. The molecule has 0 atom stereocenters. The minimum atomic E-state index is 0. The predicted molar refractivity (Wildman–Crippen MR) is 127 cm³/mol. The van der Waals surface area contributed by atoms with Crippen molar-refractivity contribution in [2.45, 2.75) is 39.2 Å². The summed E-state index contributed by atoms with van der Waals surface area (Å²) >= 11 is 0. The topological polar surface area (TPSA) is 73.3 Å². The van der Waals surface area contributed by atoms with Crippen molar-refractivity contribution in [3.8, 4) is 17.2 Å². The molecule has 2 N–H and O–H groups in total. The average Bonchev–Trinajstić information content (AvgIpc) is 2.69. The lowest BCUT2D eigenvalue weighted by molar-refractivity contribution is 0.0732. The van der Waals surface area contributed by atoms with Crippen LogP contribution in [-0.2, 0) is 11.3 Å². The highest BCUT2D eigenvalue weighted by molar-refractivity contribution is 14.0. The van der Waals surface area contributed by atoms with Crippen molar-refractivity contribution in [2.75, 3.05) is 48.1 Å². The first-order chi connectivity index (χ1) is 13.6. The maximum atomic E-state index is 5.56. The summed E-state index contributed by atoms with van der Waals surface area (Å²) in [6.07, 6.45) is 4.86. The van der Waals surface area contributed by atoms with E-state index in [4.69, 9.17) is 23.9 Å². The van der Waals surface area contributed by atoms with Crippen molar-refractivity contribution in [2.24, 2.45) is 10.4 Å². The maximum absolute atomic E-state index is 5.56. The number of hydrogen-bond acceptors (Lipinski definition) is 5. The summed E-state index contributed by atoms with van der Waals surface area (Å²) in [5.41, 5.74) is 1.27. The second kappa shape index (κ2) is 13.0. The summed E-state index contributed by atoms with van der Waals surface area (Å²) in [5.74, 6) is 2.69. The highest BCUT2D eigenvalue weighted by Gasteiger charge is 2.36. The van der Waals surface area contributed by atoms with Crippen LogP contribution in [-0.4, -0.2) is 54.1 Å². The molecule has 0 amide bonds. The fourth-order valence-corrected chi connectivity index (χ4v) is 3.58. The largest absolute Gasteiger partial charge is 0.493 e. The van der Waals surface area contributed by atoms with Gasteiger partial charge in [0.1, 0.15) is 0 Å². The highest BCUT2D eigenvalue weighted by Crippen LogP contribution is 2.43. The van der Waals surface area contributed by atoms with Crippen molar-refractivity contribution in [1.29, 1.82) is 0 Å². The van der Waals surface area contributed by atoms with Crippen LogP contribution in [0.15, 0.2) is 17.1 Å². The van der Waals surface area contributed by atoms with Gasteiger partial charge in [0.15, 0.2) is 17.5 Å². The van der Waals surface area contributed by atoms with Crippen LogP contribution in [0.3, 0.4) is 0 Å². The molecule has 8 heteroatoms. The Hall–Kier alpha value is -1.42. The highest BCUT2D eigenvalue weighted by atomic mass is 127. The molecular weight excluding hydrogens is 485 g/mol. The molecule has 1 aromatic carbocycles. The number of ether oxygens (including phenoxy) is 4. The number of guanidine groups is 1. The van der Waals surface area contributed by atoms with E-state index in [-0.39, 0.29) is 24.0 Å². The van der Waals surface area contributed by atoms with Gasteiger partial charge in [-0.15, -0.1) is 24.0 Å². The van der Waals surface area contributed by atoms with Gasteiger partial charge in [-0.05, 0) is 43.7 Å². The Kier molecular flexibility index (Phi) is 11.5. The van der Waals surface area contributed by atoms with Crippen LogP contribution in [0.1, 0.15) is 38.2 Å². The quantitative estimate of drug-likeness (QED) is 0.264. The zero-order chi connectivity index (χ0) is 20.4. The standard InChI is InChI=1S/C21H35N3O4.HI/c1-6-22-20(24-15-21(10-7-11-21)12-13-25-2)23-14-16-8-9-17(26-3)19(28-5)18(16)27-4;/h8-9H,6-7,10-15H2,1-5H3,(H2,22,23,24);1H. The van der Waals surface area contributed by atoms with E-state index in [0.717, 1.165) is 37.6 Å². The Morgan fingerprint density at radius 1 is 1.03 bits per heavy atom. The summed E-state index contributed by atoms with van der Waals surface area (Å²) in [7, 11) is 6.62. The lowest BCUT2D eigenvalue weighted by Gasteiger charge is -2.42. The first kappa shape index (κ1) is 25.6. The van der Waals surface area contributed by atoms with Crippen molar-refractivity contribution in [1.82, 2.24) is 10.6 Å². The molecule has 0 aliphatic heterocycles. The molecule has 1 aliphatic rings. The van der Waals surface area contributed by atoms with Gasteiger partial charge in [-0.1, -0.05) is 6.42 Å². The van der Waals surface area contributed by atoms with Crippen molar-refractivity contribution >= 4 is 29.9 Å². The minimum absolute atomic E-state index is 0. The van der Waals surface area contributed by atoms with Crippen LogP contribution >= 0.6 is 24.0 Å². The van der Waals surface area contributed by atoms with Crippen molar-refractivity contribution in [3.63, 3.8) is 0 Å². The van der Waals surface area contributed by atoms with Crippen LogP contribution in [0, 0.1) is 5.41 Å². The van der Waals surface area contributed by atoms with Gasteiger partial charge in [0.25, 0.3) is 0 Å². The molecule has 0 heterocycles. The Bertz CT molecular complexity index is 651. The van der Waals surface area contributed by atoms with Gasteiger partial charge in [-0.2, -0.15) is 0 Å². The third kappa shape index (κ3) is 6.80. The van der Waals surface area contributed by atoms with Crippen LogP contribution < -0.4 is 24.8 Å². The number of rotatable bonds is 11. The van der Waals surface area contributed by atoms with E-state index < -0.39 is 0 Å². The number of halogens is 1. The number of aliphatic imine (C=N–C) groups is 1. The van der Waals surface area contributed by atoms with Gasteiger partial charge < -0.3 is 29.6 Å². The SMILES string of the molecule is CCNC(=NCc1ccc(OC)c(OC)c1OC)NCC1(CCOC)CCC1.I. The summed E-state index contributed by atoms with van der Waals surface area (Å²) < 4.78 is 21.7. The van der Waals surface area contributed by atoms with Crippen LogP contribution in [0.2, 0.25) is 0 Å². The molecule has 0 bridgehead atoms. The Morgan fingerprint density at radius 3 is 2.28 bits per heavy atom. The molecule has 1 aliphatic carbocycles. The molecule has 1 saturated carbocycles. The van der Waals surface area contributed by atoms with Crippen molar-refractivity contribution < 1.29 is 18.9 Å². The average molecular weight is 521 g/mol. The summed E-state index contributed by atoms with van der Waals surface area (Å²) in [6, 6.07) is 3.83. The Labute approximate surface area is 191 Å². The molecular formula is C21H36IN3O4. The third-order valence-electron chi connectivity index (χ3n) is 5.42. The number of nitrogens with zero attached hydrogens (tertiary/aromatic N) is 1. The van der Waals surface area contributed by atoms with Crippen molar-refractivity contribution in [3.05, 3.63) is 17.7 Å². The number of methoxy groups -OCH3 is 4. The van der Waals surface area contributed by atoms with E-state index in [1.807, 2.05) is 12.1 Å². The normalized spacial score (nSPS) is 15.0. The third-order valence-corrected chi connectivity index (χ3v) is 5.42. The van der Waals surface area contributed by atoms with Gasteiger partial charge >= 0.3 is 0 Å². The van der Waals surface area contributed by atoms with E-state index in [1.165, 1.54) is 19.3 Å². The molecule has 0 radical (unpaired) electrons. The fourth-order valence-electron chi connectivity index (χ4n) is 3.58. The zero-order valence-electron chi connectivity index (χ0n) is 18.3. The summed E-state index contributed by atoms with van der Waals surface area (Å²) in [6.45, 7) is 5.06. The van der Waals surface area contributed by atoms with Crippen LogP contribution in [0.25, 0.3) is 0 Å². The Morgan fingerprint density at radius 2 is 1.76 bits per heavy atom. The van der Waals surface area contributed by atoms with E-state index in [0.29, 0.717) is 29.2 Å². The lowest BCUT2D eigenvalue weighted by atomic mass is 9.67. The molecule has 2 rings (SSSR count). The monoisotopic (exact) mass is 521 g/mol. The van der Waals surface area contributed by atoms with Gasteiger partial charge in [0.05, 0.1) is 27.9 Å². The van der Waals surface area contributed by atoms with Crippen LogP contribution in [0.5, 0.6) is 17.2 Å². The molecule has 0 spiro atoms. The van der Waals surface area contributed by atoms with E-state index in [9.17, 15) is 0 Å². The predicted octanol–water partition coefficient (Wildman–Crippen LogP) is 3.59. The summed E-state index contributed by atoms with van der Waals surface area (Å²) in [5, 5.41) is 6.85. The second-order valence-electron chi connectivity index (χ2n) is 7.14. The zero-order valence-corrected chi connectivity index (χ0v) is 20.6. The molecule has 0 aromatic heterocycles.